The van der Waals surface area contributed by atoms with Gasteiger partial charge in [0.15, 0.2) is 12.6 Å². The summed E-state index contributed by atoms with van der Waals surface area (Å²) in [5.41, 5.74) is 0. The van der Waals surface area contributed by atoms with E-state index in [-0.39, 0.29) is 18.9 Å². The van der Waals surface area contributed by atoms with Crippen molar-refractivity contribution in [1.29, 1.82) is 0 Å². The first-order valence-corrected chi connectivity index (χ1v) is 32.0. The first kappa shape index (κ1) is 72.8. The number of hydrogen-bond acceptors (Lipinski definition) is 13. The van der Waals surface area contributed by atoms with Crippen molar-refractivity contribution in [3.63, 3.8) is 0 Å². The largest absolute Gasteiger partial charge is 0.394 e. The molecule has 1 amide bonds. The molecule has 79 heavy (non-hydrogen) atoms. The molecule has 0 aromatic heterocycles. The highest BCUT2D eigenvalue weighted by Gasteiger charge is 2.51. The van der Waals surface area contributed by atoms with Gasteiger partial charge in [-0.2, -0.15) is 0 Å². The Balaban J connectivity index is 1.71. The van der Waals surface area contributed by atoms with Gasteiger partial charge in [0.05, 0.1) is 32.0 Å². The number of rotatable bonds is 51. The summed E-state index contributed by atoms with van der Waals surface area (Å²) in [6.07, 6.45) is 48.3. The Kier molecular flexibility index (Phi) is 46.3. The molecule has 12 atom stereocenters. The Morgan fingerprint density at radius 2 is 0.873 bits per heavy atom. The number of amides is 1. The van der Waals surface area contributed by atoms with Gasteiger partial charge in [0.2, 0.25) is 5.91 Å². The van der Waals surface area contributed by atoms with E-state index in [0.29, 0.717) is 6.42 Å². The van der Waals surface area contributed by atoms with Crippen molar-refractivity contribution >= 4 is 5.91 Å². The lowest BCUT2D eigenvalue weighted by molar-refractivity contribution is -0.359. The fraction of sp³-hybridized carbons (Fsp3) is 0.831. The molecule has 9 N–H and O–H groups in total. The fourth-order valence-electron chi connectivity index (χ4n) is 10.3. The highest BCUT2D eigenvalue weighted by molar-refractivity contribution is 5.76. The number of aliphatic hydroxyl groups excluding tert-OH is 8. The standard InChI is InChI=1S/C65H117NO13/c1-3-5-7-9-11-13-15-17-19-21-23-24-25-26-27-28-29-30-31-33-35-37-39-41-43-45-47-49-57(70)66-53(54(69)48-46-44-42-40-38-36-34-32-22-20-18-16-14-12-10-8-6-4-2)52-76-64-62(75)60(73)63(56(51-68)78-64)79-65-61(74)59(72)58(71)55(50-67)77-65/h5,7,11,13,17,19,23-24,46,48,53-56,58-65,67-69,71-75H,3-4,6,8-10,12,14-16,18,20-22,25-45,47,49-52H2,1-2H3,(H,66,70)/b7-5-,13-11-,19-17-,24-23-,48-46+. The monoisotopic (exact) mass is 1120 g/mol. The molecule has 12 unspecified atom stereocenters. The molecular formula is C65H117NO13. The second-order valence-corrected chi connectivity index (χ2v) is 22.5. The van der Waals surface area contributed by atoms with Crippen LogP contribution in [0.25, 0.3) is 0 Å². The van der Waals surface area contributed by atoms with Gasteiger partial charge in [-0.05, 0) is 57.8 Å². The van der Waals surface area contributed by atoms with Crippen LogP contribution >= 0.6 is 0 Å². The average molecular weight is 1120 g/mol. The van der Waals surface area contributed by atoms with Crippen LogP contribution in [0.2, 0.25) is 0 Å². The molecule has 2 saturated heterocycles. The molecule has 0 aromatic rings. The molecule has 460 valence electrons. The quantitative estimate of drug-likeness (QED) is 0.0204. The van der Waals surface area contributed by atoms with Crippen LogP contribution in [-0.2, 0) is 23.7 Å². The van der Waals surface area contributed by atoms with E-state index in [1.54, 1.807) is 6.08 Å². The Morgan fingerprint density at radius 1 is 0.468 bits per heavy atom. The van der Waals surface area contributed by atoms with Crippen molar-refractivity contribution in [1.82, 2.24) is 5.32 Å². The van der Waals surface area contributed by atoms with Crippen LogP contribution in [0.3, 0.4) is 0 Å². The van der Waals surface area contributed by atoms with Gasteiger partial charge in [-0.15, -0.1) is 0 Å². The Hall–Kier alpha value is -2.31. The van der Waals surface area contributed by atoms with Gasteiger partial charge in [-0.25, -0.2) is 0 Å². The van der Waals surface area contributed by atoms with Crippen molar-refractivity contribution in [2.45, 2.75) is 325 Å². The summed E-state index contributed by atoms with van der Waals surface area (Å²) in [7, 11) is 0. The third-order valence-electron chi connectivity index (χ3n) is 15.5. The molecule has 2 aliphatic heterocycles. The topological polar surface area (TPSA) is 228 Å². The zero-order valence-corrected chi connectivity index (χ0v) is 49.6. The molecule has 0 spiro atoms. The van der Waals surface area contributed by atoms with Crippen molar-refractivity contribution in [3.05, 3.63) is 60.8 Å². The lowest BCUT2D eigenvalue weighted by Crippen LogP contribution is -2.65. The number of nitrogens with one attached hydrogen (secondary N) is 1. The first-order valence-electron chi connectivity index (χ1n) is 32.0. The van der Waals surface area contributed by atoms with Crippen LogP contribution in [0.15, 0.2) is 60.8 Å². The summed E-state index contributed by atoms with van der Waals surface area (Å²) in [6, 6.07) is -0.917. The molecule has 14 heteroatoms. The Bertz CT molecular complexity index is 1560. The minimum absolute atomic E-state index is 0.240. The summed E-state index contributed by atoms with van der Waals surface area (Å²) < 4.78 is 22.8. The van der Waals surface area contributed by atoms with Gasteiger partial charge in [0.25, 0.3) is 0 Å². The molecule has 2 aliphatic rings. The van der Waals surface area contributed by atoms with Crippen LogP contribution in [0.1, 0.15) is 251 Å². The van der Waals surface area contributed by atoms with Gasteiger partial charge in [-0.1, -0.05) is 248 Å². The summed E-state index contributed by atoms with van der Waals surface area (Å²) in [4.78, 5) is 13.3. The van der Waals surface area contributed by atoms with Crippen LogP contribution in [0, 0.1) is 0 Å². The van der Waals surface area contributed by atoms with Gasteiger partial charge in [-0.3, -0.25) is 4.79 Å². The number of aliphatic hydroxyl groups is 8. The van der Waals surface area contributed by atoms with Crippen molar-refractivity contribution in [2.24, 2.45) is 0 Å². The number of unbranched alkanes of at least 4 members (excludes halogenated alkanes) is 30. The Morgan fingerprint density at radius 3 is 1.34 bits per heavy atom. The fourth-order valence-corrected chi connectivity index (χ4v) is 10.3. The number of ether oxygens (including phenoxy) is 4. The summed E-state index contributed by atoms with van der Waals surface area (Å²) in [5.74, 6) is -0.240. The van der Waals surface area contributed by atoms with E-state index in [1.807, 2.05) is 6.08 Å². The predicted octanol–water partition coefficient (Wildman–Crippen LogP) is 11.7. The number of carbonyl (C=O) groups excluding carboxylic acids is 1. The number of hydrogen-bond donors (Lipinski definition) is 9. The molecule has 0 aliphatic carbocycles. The Labute approximate surface area is 479 Å². The highest BCUT2D eigenvalue weighted by Crippen LogP contribution is 2.30. The first-order chi connectivity index (χ1) is 38.6. The second kappa shape index (κ2) is 50.2. The summed E-state index contributed by atoms with van der Waals surface area (Å²) in [6.45, 7) is 2.70. The molecule has 0 radical (unpaired) electrons. The minimum atomic E-state index is -1.79. The molecular weight excluding hydrogens is 1000 g/mol. The molecule has 0 saturated carbocycles. The highest BCUT2D eigenvalue weighted by atomic mass is 16.7. The van der Waals surface area contributed by atoms with Crippen LogP contribution in [-0.4, -0.2) is 140 Å². The normalized spacial score (nSPS) is 24.8. The molecule has 14 nitrogen and oxygen atoms in total. The maximum absolute atomic E-state index is 13.3. The summed E-state index contributed by atoms with van der Waals surface area (Å²) >= 11 is 0. The van der Waals surface area contributed by atoms with Crippen molar-refractivity contribution in [3.8, 4) is 0 Å². The zero-order valence-electron chi connectivity index (χ0n) is 49.6. The third-order valence-corrected chi connectivity index (χ3v) is 15.5. The van der Waals surface area contributed by atoms with Crippen LogP contribution in [0.5, 0.6) is 0 Å². The molecule has 2 heterocycles. The number of allylic oxidation sites excluding steroid dienone is 9. The minimum Gasteiger partial charge on any atom is -0.394 e. The lowest BCUT2D eigenvalue weighted by atomic mass is 9.97. The van der Waals surface area contributed by atoms with Crippen molar-refractivity contribution in [2.75, 3.05) is 19.8 Å². The van der Waals surface area contributed by atoms with Crippen LogP contribution in [0.4, 0.5) is 0 Å². The van der Waals surface area contributed by atoms with Crippen LogP contribution < -0.4 is 5.32 Å². The molecule has 0 bridgehead atoms. The average Bonchev–Trinajstić information content (AvgIpc) is 3.46. The summed E-state index contributed by atoms with van der Waals surface area (Å²) in [5, 5.41) is 87.2. The van der Waals surface area contributed by atoms with Gasteiger partial charge >= 0.3 is 0 Å². The maximum atomic E-state index is 13.3. The van der Waals surface area contributed by atoms with E-state index >= 15 is 0 Å². The maximum Gasteiger partial charge on any atom is 0.220 e. The van der Waals surface area contributed by atoms with E-state index in [9.17, 15) is 45.6 Å². The van der Waals surface area contributed by atoms with Crippen molar-refractivity contribution < 1.29 is 64.6 Å². The lowest BCUT2D eigenvalue weighted by Gasteiger charge is -2.46. The zero-order chi connectivity index (χ0) is 57.4. The van der Waals surface area contributed by atoms with E-state index in [4.69, 9.17) is 18.9 Å². The van der Waals surface area contributed by atoms with E-state index < -0.39 is 86.8 Å². The third kappa shape index (κ3) is 35.4. The number of carbonyl (C=O) groups is 1. The smallest absolute Gasteiger partial charge is 0.220 e. The van der Waals surface area contributed by atoms with E-state index in [0.717, 1.165) is 64.2 Å². The van der Waals surface area contributed by atoms with E-state index in [1.165, 1.54) is 161 Å². The van der Waals surface area contributed by atoms with Gasteiger partial charge in [0, 0.05) is 6.42 Å². The molecule has 2 rings (SSSR count). The van der Waals surface area contributed by atoms with E-state index in [2.05, 4.69) is 67.8 Å². The molecule has 2 fully saturated rings. The SMILES string of the molecule is CC/C=C\C/C=C\C/C=C\C/C=C\CCCCCCCCCCCCCCCCC(=O)NC(COC1OC(CO)C(OC2OC(CO)C(O)C(O)C2O)C(O)C1O)C(O)/C=C/CCCCCCCCCCCCCCCCCC. The predicted molar refractivity (Wildman–Crippen MR) is 318 cm³/mol. The van der Waals surface area contributed by atoms with Gasteiger partial charge in [0.1, 0.15) is 48.8 Å². The molecule has 0 aromatic carbocycles. The van der Waals surface area contributed by atoms with Gasteiger partial charge < -0.3 is 65.1 Å². The second-order valence-electron chi connectivity index (χ2n) is 22.5.